The maximum absolute atomic E-state index is 14.0. The summed E-state index contributed by atoms with van der Waals surface area (Å²) in [6, 6.07) is 13.1. The van der Waals surface area contributed by atoms with Crippen molar-refractivity contribution in [1.29, 1.82) is 5.26 Å². The highest BCUT2D eigenvalue weighted by Gasteiger charge is 2.27. The van der Waals surface area contributed by atoms with Gasteiger partial charge in [-0.15, -0.1) is 0 Å². The predicted molar refractivity (Wildman–Crippen MR) is 153 cm³/mol. The lowest BCUT2D eigenvalue weighted by Gasteiger charge is -2.38. The number of nitrogens with zero attached hydrogens (tertiary/aromatic N) is 7. The molecule has 206 valence electrons. The molecule has 5 rings (SSSR count). The van der Waals surface area contributed by atoms with Crippen LogP contribution in [0.2, 0.25) is 5.02 Å². The van der Waals surface area contributed by atoms with Crippen LogP contribution in [0.4, 0.5) is 22.0 Å². The molecule has 4 aromatic rings. The van der Waals surface area contributed by atoms with Gasteiger partial charge in [-0.05, 0) is 36.2 Å². The molecule has 1 fully saturated rings. The van der Waals surface area contributed by atoms with E-state index in [2.05, 4.69) is 20.2 Å². The molecule has 11 nitrogen and oxygen atoms in total. The number of hydrogen-bond acceptors (Lipinski definition) is 10. The van der Waals surface area contributed by atoms with Crippen LogP contribution in [-0.2, 0) is 6.54 Å². The number of piperazine rings is 1. The monoisotopic (exact) mass is 562 g/mol. The minimum Gasteiger partial charge on any atom is -0.382 e. The molecule has 13 heteroatoms. The number of nitrogens with two attached hydrogens (primary N) is 2. The average molecular weight is 563 g/mol. The highest BCUT2D eigenvalue weighted by molar-refractivity contribution is 6.35. The van der Waals surface area contributed by atoms with E-state index in [0.29, 0.717) is 60.9 Å². The second-order valence-corrected chi connectivity index (χ2v) is 9.89. The van der Waals surface area contributed by atoms with Crippen molar-refractivity contribution in [2.75, 3.05) is 48.0 Å². The minimum absolute atomic E-state index is 0.0414. The normalized spacial score (nSPS) is 14.7. The van der Waals surface area contributed by atoms with Gasteiger partial charge in [0.15, 0.2) is 11.6 Å². The first-order valence-corrected chi connectivity index (χ1v) is 13.2. The first kappa shape index (κ1) is 27.1. The van der Waals surface area contributed by atoms with E-state index in [1.807, 2.05) is 18.0 Å². The summed E-state index contributed by atoms with van der Waals surface area (Å²) in [6.45, 7) is 5.02. The van der Waals surface area contributed by atoms with Gasteiger partial charge in [0, 0.05) is 32.7 Å². The van der Waals surface area contributed by atoms with Crippen LogP contribution in [-0.4, -0.2) is 50.7 Å². The smallest absolute Gasteiger partial charge is 0.281 e. The van der Waals surface area contributed by atoms with Crippen molar-refractivity contribution in [3.63, 3.8) is 0 Å². The summed E-state index contributed by atoms with van der Waals surface area (Å²) in [6.07, 6.45) is 0.498. The Morgan fingerprint density at radius 1 is 1.10 bits per heavy atom. The van der Waals surface area contributed by atoms with Crippen molar-refractivity contribution in [1.82, 2.24) is 24.5 Å². The number of nitrogen functional groups attached to an aromatic ring is 2. The zero-order valence-electron chi connectivity index (χ0n) is 21.8. The molecule has 5 N–H and O–H groups in total. The lowest BCUT2D eigenvalue weighted by atomic mass is 10.1. The van der Waals surface area contributed by atoms with E-state index in [1.165, 1.54) is 12.1 Å². The molecular weight excluding hydrogens is 535 g/mol. The fourth-order valence-electron chi connectivity index (χ4n) is 4.87. The fourth-order valence-corrected chi connectivity index (χ4v) is 5.12. The Hall–Kier alpha value is -4.47. The van der Waals surface area contributed by atoms with E-state index in [-0.39, 0.29) is 34.5 Å². The molecular formula is C27H28ClFN10O. The van der Waals surface area contributed by atoms with Gasteiger partial charge < -0.3 is 21.8 Å². The molecule has 1 aliphatic heterocycles. The van der Waals surface area contributed by atoms with Crippen LogP contribution in [0, 0.1) is 17.1 Å². The maximum Gasteiger partial charge on any atom is 0.281 e. The van der Waals surface area contributed by atoms with E-state index in [1.54, 1.807) is 35.0 Å². The number of nitrogens with one attached hydrogen (secondary N) is 1. The summed E-state index contributed by atoms with van der Waals surface area (Å²) < 4.78 is 14.9. The number of anilines is 3. The summed E-state index contributed by atoms with van der Waals surface area (Å²) in [5, 5.41) is 15.5. The van der Waals surface area contributed by atoms with Crippen LogP contribution in [0.5, 0.6) is 0 Å². The number of benzene rings is 2. The summed E-state index contributed by atoms with van der Waals surface area (Å²) in [4.78, 5) is 29.2. The largest absolute Gasteiger partial charge is 0.382 e. The van der Waals surface area contributed by atoms with Gasteiger partial charge in [-0.25, -0.2) is 14.1 Å². The molecule has 2 aromatic heterocycles. The quantitative estimate of drug-likeness (QED) is 0.306. The third kappa shape index (κ3) is 5.34. The van der Waals surface area contributed by atoms with Gasteiger partial charge in [0.25, 0.3) is 5.56 Å². The highest BCUT2D eigenvalue weighted by atomic mass is 35.5. The van der Waals surface area contributed by atoms with Gasteiger partial charge in [0.2, 0.25) is 5.95 Å². The number of rotatable bonds is 7. The Labute approximate surface area is 234 Å². The van der Waals surface area contributed by atoms with Gasteiger partial charge in [0.05, 0.1) is 22.0 Å². The summed E-state index contributed by atoms with van der Waals surface area (Å²) in [7, 11) is 0. The van der Waals surface area contributed by atoms with Crippen molar-refractivity contribution in [2.45, 2.75) is 25.9 Å². The topological polar surface area (TPSA) is 155 Å². The van der Waals surface area contributed by atoms with Gasteiger partial charge >= 0.3 is 0 Å². The summed E-state index contributed by atoms with van der Waals surface area (Å²) in [5.41, 5.74) is 13.0. The van der Waals surface area contributed by atoms with E-state index in [4.69, 9.17) is 28.1 Å². The van der Waals surface area contributed by atoms with E-state index in [0.717, 1.165) is 5.56 Å². The molecule has 1 aliphatic rings. The first-order valence-electron chi connectivity index (χ1n) is 12.8. The highest BCUT2D eigenvalue weighted by Crippen LogP contribution is 2.27. The number of aromatic nitrogens is 4. The molecule has 0 aliphatic carbocycles. The van der Waals surface area contributed by atoms with Crippen LogP contribution < -0.4 is 27.4 Å². The van der Waals surface area contributed by atoms with Crippen LogP contribution in [0.25, 0.3) is 10.9 Å². The molecule has 0 radical (unpaired) electrons. The van der Waals surface area contributed by atoms with Crippen LogP contribution >= 0.6 is 11.6 Å². The Morgan fingerprint density at radius 2 is 1.82 bits per heavy atom. The van der Waals surface area contributed by atoms with Crippen LogP contribution in [0.1, 0.15) is 36.3 Å². The number of halogens is 2. The van der Waals surface area contributed by atoms with Crippen molar-refractivity contribution in [3.05, 3.63) is 80.6 Å². The van der Waals surface area contributed by atoms with Crippen LogP contribution in [0.3, 0.4) is 0 Å². The fraction of sp³-hybridized carbons (Fsp3) is 0.296. The number of fused-ring (bicyclic) bond motifs is 1. The van der Waals surface area contributed by atoms with Gasteiger partial charge in [-0.1, -0.05) is 36.7 Å². The van der Waals surface area contributed by atoms with E-state index < -0.39 is 6.04 Å². The zero-order chi connectivity index (χ0) is 28.4. The lowest BCUT2D eigenvalue weighted by Crippen LogP contribution is -2.55. The molecule has 1 saturated heterocycles. The molecule has 3 heterocycles. The Kier molecular flexibility index (Phi) is 7.68. The molecule has 0 amide bonds. The van der Waals surface area contributed by atoms with Crippen molar-refractivity contribution in [3.8, 4) is 6.07 Å². The molecule has 0 saturated carbocycles. The van der Waals surface area contributed by atoms with Crippen LogP contribution in [0.15, 0.2) is 47.3 Å². The maximum atomic E-state index is 14.0. The first-order chi connectivity index (χ1) is 19.3. The third-order valence-electron chi connectivity index (χ3n) is 6.90. The SMILES string of the molecule is CCC(Nc1nc(N)nc(N)c1C#N)c1nc2cccc(Cl)c2c(=O)n1N1CCN(Cc2ccc(F)cc2)CC1. The molecule has 2 aromatic carbocycles. The molecule has 1 unspecified atom stereocenters. The zero-order valence-corrected chi connectivity index (χ0v) is 22.6. The Bertz CT molecular complexity index is 1640. The predicted octanol–water partition coefficient (Wildman–Crippen LogP) is 3.03. The second-order valence-electron chi connectivity index (χ2n) is 9.48. The lowest BCUT2D eigenvalue weighted by molar-refractivity contribution is 0.229. The molecule has 40 heavy (non-hydrogen) atoms. The summed E-state index contributed by atoms with van der Waals surface area (Å²) >= 11 is 6.46. The Balaban J connectivity index is 1.51. The third-order valence-corrected chi connectivity index (χ3v) is 7.21. The number of nitriles is 1. The standard InChI is InChI=1S/C27H28ClFN10O/c1-2-20(33-24-18(14-30)23(31)35-27(32)36-24)25-34-21-5-3-4-19(28)22(21)26(40)39(25)38-12-10-37(11-13-38)15-16-6-8-17(29)9-7-16/h3-9,20H,2,10-13,15H2,1H3,(H5,31,32,33,35,36). The van der Waals surface area contributed by atoms with Gasteiger partial charge in [-0.3, -0.25) is 9.69 Å². The molecule has 0 bridgehead atoms. The van der Waals surface area contributed by atoms with Gasteiger partial charge in [0.1, 0.15) is 23.3 Å². The second kappa shape index (κ2) is 11.3. The van der Waals surface area contributed by atoms with E-state index in [9.17, 15) is 14.4 Å². The van der Waals surface area contributed by atoms with Crippen molar-refractivity contribution in [2.24, 2.45) is 0 Å². The summed E-state index contributed by atoms with van der Waals surface area (Å²) in [5.74, 6) is 0.211. The Morgan fingerprint density at radius 3 is 2.50 bits per heavy atom. The van der Waals surface area contributed by atoms with Crippen molar-refractivity contribution >= 4 is 40.1 Å². The number of hydrogen-bond donors (Lipinski definition) is 3. The minimum atomic E-state index is -0.533. The van der Waals surface area contributed by atoms with Gasteiger partial charge in [-0.2, -0.15) is 15.2 Å². The molecule has 0 spiro atoms. The molecule has 1 atom stereocenters. The van der Waals surface area contributed by atoms with Crippen molar-refractivity contribution < 1.29 is 4.39 Å². The van der Waals surface area contributed by atoms with E-state index >= 15 is 0 Å². The average Bonchev–Trinajstić information content (AvgIpc) is 2.93.